The summed E-state index contributed by atoms with van der Waals surface area (Å²) in [7, 11) is 0. The lowest BCUT2D eigenvalue weighted by Crippen LogP contribution is -1.94. The lowest BCUT2D eigenvalue weighted by atomic mass is 10.0. The molecule has 0 aliphatic rings. The second-order valence-electron chi connectivity index (χ2n) is 5.97. The van der Waals surface area contributed by atoms with Gasteiger partial charge in [0, 0.05) is 17.3 Å². The summed E-state index contributed by atoms with van der Waals surface area (Å²) in [5.74, 6) is 0.644. The summed E-state index contributed by atoms with van der Waals surface area (Å²) in [6.45, 7) is 4.82. The van der Waals surface area contributed by atoms with Crippen molar-refractivity contribution in [1.82, 2.24) is 4.98 Å². The Morgan fingerprint density at radius 3 is 2.28 bits per heavy atom. The van der Waals surface area contributed by atoms with Crippen molar-refractivity contribution in [3.05, 3.63) is 72.2 Å². The number of aromatic nitrogens is 1. The smallest absolute Gasteiger partial charge is 0.132 e. The lowest BCUT2D eigenvalue weighted by molar-refractivity contribution is 0.317. The largest absolute Gasteiger partial charge is 0.494 e. The molecule has 0 fully saturated rings. The van der Waals surface area contributed by atoms with Crippen molar-refractivity contribution in [2.75, 3.05) is 6.61 Å². The number of ether oxygens (including phenoxy) is 1. The highest BCUT2D eigenvalue weighted by Crippen LogP contribution is 2.26. The van der Waals surface area contributed by atoms with Gasteiger partial charge in [-0.3, -0.25) is 4.98 Å². The minimum Gasteiger partial charge on any atom is -0.494 e. The van der Waals surface area contributed by atoms with E-state index in [2.05, 4.69) is 11.9 Å². The molecule has 0 spiro atoms. The first kappa shape index (κ1) is 17.2. The molecule has 1 aromatic heterocycles. The molecule has 0 N–H and O–H groups in total. The van der Waals surface area contributed by atoms with E-state index in [4.69, 9.17) is 4.74 Å². The van der Waals surface area contributed by atoms with Crippen molar-refractivity contribution in [2.45, 2.75) is 26.7 Å². The van der Waals surface area contributed by atoms with Gasteiger partial charge in [-0.1, -0.05) is 38.1 Å². The Morgan fingerprint density at radius 2 is 1.68 bits per heavy atom. The Labute approximate surface area is 148 Å². The summed E-state index contributed by atoms with van der Waals surface area (Å²) >= 11 is 0. The van der Waals surface area contributed by atoms with E-state index >= 15 is 0 Å². The van der Waals surface area contributed by atoms with Crippen LogP contribution in [0.25, 0.3) is 22.4 Å². The molecule has 0 saturated heterocycles. The molecule has 3 heteroatoms. The SMILES string of the molecule is CCCOc1ccc(-c2ccc(-c3ccc(CC)cc3F)nc2)cc1. The van der Waals surface area contributed by atoms with Crippen LogP contribution in [0.2, 0.25) is 0 Å². The standard InChI is InChI=1S/C22H22FNO/c1-3-13-25-19-9-6-17(7-10-19)18-8-12-22(24-15-18)20-11-5-16(4-2)14-21(20)23/h5-12,14-15H,3-4,13H2,1-2H3. The molecule has 0 aliphatic carbocycles. The Kier molecular flexibility index (Phi) is 5.44. The summed E-state index contributed by atoms with van der Waals surface area (Å²) < 4.78 is 19.8. The molecule has 0 unspecified atom stereocenters. The Balaban J connectivity index is 1.80. The van der Waals surface area contributed by atoms with E-state index in [9.17, 15) is 4.39 Å². The molecule has 25 heavy (non-hydrogen) atoms. The number of hydrogen-bond acceptors (Lipinski definition) is 2. The number of rotatable bonds is 6. The van der Waals surface area contributed by atoms with Crippen molar-refractivity contribution in [3.63, 3.8) is 0 Å². The summed E-state index contributed by atoms with van der Waals surface area (Å²) in [6, 6.07) is 17.1. The molecule has 3 aromatic rings. The van der Waals surface area contributed by atoms with Crippen LogP contribution in [0.15, 0.2) is 60.8 Å². The van der Waals surface area contributed by atoms with Gasteiger partial charge < -0.3 is 4.74 Å². The van der Waals surface area contributed by atoms with Gasteiger partial charge in [0.25, 0.3) is 0 Å². The van der Waals surface area contributed by atoms with Crippen LogP contribution in [0.5, 0.6) is 5.75 Å². The molecule has 2 aromatic carbocycles. The fraction of sp³-hybridized carbons (Fsp3) is 0.227. The molecule has 1 heterocycles. The molecular weight excluding hydrogens is 313 g/mol. The summed E-state index contributed by atoms with van der Waals surface area (Å²) in [5, 5.41) is 0. The number of halogens is 1. The average Bonchev–Trinajstić information content (AvgIpc) is 2.67. The second-order valence-corrected chi connectivity index (χ2v) is 5.97. The van der Waals surface area contributed by atoms with E-state index in [1.807, 2.05) is 49.4 Å². The fourth-order valence-corrected chi connectivity index (χ4v) is 2.67. The van der Waals surface area contributed by atoms with E-state index in [-0.39, 0.29) is 5.82 Å². The molecule has 0 aliphatic heterocycles. The van der Waals surface area contributed by atoms with Crippen LogP contribution in [-0.2, 0) is 6.42 Å². The number of aryl methyl sites for hydroxylation is 1. The quantitative estimate of drug-likeness (QED) is 0.559. The van der Waals surface area contributed by atoms with Gasteiger partial charge in [0.05, 0.1) is 12.3 Å². The first-order valence-corrected chi connectivity index (χ1v) is 8.69. The molecular formula is C22H22FNO. The molecule has 0 atom stereocenters. The molecule has 0 radical (unpaired) electrons. The molecule has 0 bridgehead atoms. The highest BCUT2D eigenvalue weighted by Gasteiger charge is 2.08. The zero-order chi connectivity index (χ0) is 17.6. The Morgan fingerprint density at radius 1 is 0.920 bits per heavy atom. The van der Waals surface area contributed by atoms with Crippen molar-refractivity contribution in [2.24, 2.45) is 0 Å². The van der Waals surface area contributed by atoms with Gasteiger partial charge in [-0.2, -0.15) is 0 Å². The van der Waals surface area contributed by atoms with E-state index in [0.717, 1.165) is 41.9 Å². The predicted octanol–water partition coefficient (Wildman–Crippen LogP) is 5.91. The van der Waals surface area contributed by atoms with E-state index in [0.29, 0.717) is 11.3 Å². The molecule has 0 saturated carbocycles. The Bertz CT molecular complexity index is 826. The number of hydrogen-bond donors (Lipinski definition) is 0. The topological polar surface area (TPSA) is 22.1 Å². The van der Waals surface area contributed by atoms with Crippen LogP contribution in [0.1, 0.15) is 25.8 Å². The van der Waals surface area contributed by atoms with Gasteiger partial charge in [-0.05, 0) is 54.3 Å². The van der Waals surface area contributed by atoms with Gasteiger partial charge in [-0.25, -0.2) is 4.39 Å². The van der Waals surface area contributed by atoms with Gasteiger partial charge in [0.2, 0.25) is 0 Å². The average molecular weight is 335 g/mol. The van der Waals surface area contributed by atoms with Gasteiger partial charge >= 0.3 is 0 Å². The minimum atomic E-state index is -0.225. The summed E-state index contributed by atoms with van der Waals surface area (Å²) in [4.78, 5) is 4.44. The molecule has 2 nitrogen and oxygen atoms in total. The summed E-state index contributed by atoms with van der Waals surface area (Å²) in [5.41, 5.74) is 4.23. The normalized spacial score (nSPS) is 10.7. The third kappa shape index (κ3) is 4.05. The van der Waals surface area contributed by atoms with E-state index < -0.39 is 0 Å². The fourth-order valence-electron chi connectivity index (χ4n) is 2.67. The maximum Gasteiger partial charge on any atom is 0.132 e. The lowest BCUT2D eigenvalue weighted by Gasteiger charge is -2.08. The maximum absolute atomic E-state index is 14.2. The molecule has 3 rings (SSSR count). The van der Waals surface area contributed by atoms with Crippen LogP contribution in [0.3, 0.4) is 0 Å². The predicted molar refractivity (Wildman–Crippen MR) is 100 cm³/mol. The second kappa shape index (κ2) is 7.93. The van der Waals surface area contributed by atoms with E-state index in [1.165, 1.54) is 0 Å². The van der Waals surface area contributed by atoms with Gasteiger partial charge in [0.1, 0.15) is 11.6 Å². The highest BCUT2D eigenvalue weighted by atomic mass is 19.1. The Hall–Kier alpha value is -2.68. The minimum absolute atomic E-state index is 0.225. The van der Waals surface area contributed by atoms with Crippen LogP contribution in [0, 0.1) is 5.82 Å². The zero-order valence-corrected chi connectivity index (χ0v) is 14.6. The van der Waals surface area contributed by atoms with Crippen molar-refractivity contribution in [1.29, 1.82) is 0 Å². The van der Waals surface area contributed by atoms with Crippen molar-refractivity contribution >= 4 is 0 Å². The maximum atomic E-state index is 14.2. The van der Waals surface area contributed by atoms with E-state index in [1.54, 1.807) is 18.3 Å². The van der Waals surface area contributed by atoms with Crippen LogP contribution in [0.4, 0.5) is 4.39 Å². The third-order valence-electron chi connectivity index (χ3n) is 4.14. The first-order chi connectivity index (χ1) is 12.2. The zero-order valence-electron chi connectivity index (χ0n) is 14.6. The first-order valence-electron chi connectivity index (χ1n) is 8.69. The highest BCUT2D eigenvalue weighted by molar-refractivity contribution is 5.67. The number of pyridine rings is 1. The number of benzene rings is 2. The number of nitrogens with zero attached hydrogens (tertiary/aromatic N) is 1. The van der Waals surface area contributed by atoms with Gasteiger partial charge in [-0.15, -0.1) is 0 Å². The van der Waals surface area contributed by atoms with Crippen molar-refractivity contribution in [3.8, 4) is 28.1 Å². The molecule has 0 amide bonds. The van der Waals surface area contributed by atoms with Crippen LogP contribution >= 0.6 is 0 Å². The van der Waals surface area contributed by atoms with Crippen molar-refractivity contribution < 1.29 is 9.13 Å². The third-order valence-corrected chi connectivity index (χ3v) is 4.14. The summed E-state index contributed by atoms with van der Waals surface area (Å²) in [6.07, 6.45) is 3.59. The van der Waals surface area contributed by atoms with Gasteiger partial charge in [0.15, 0.2) is 0 Å². The van der Waals surface area contributed by atoms with Crippen LogP contribution in [-0.4, -0.2) is 11.6 Å². The monoisotopic (exact) mass is 335 g/mol. The molecule has 128 valence electrons. The van der Waals surface area contributed by atoms with Crippen LogP contribution < -0.4 is 4.74 Å².